The fraction of sp³-hybridized carbons (Fsp3) is 0.120. The van der Waals surface area contributed by atoms with Crippen molar-refractivity contribution in [3.05, 3.63) is 95.9 Å². The number of nitrogens with zero attached hydrogens (tertiary/aromatic N) is 7. The Hall–Kier alpha value is -5.13. The normalized spacial score (nSPS) is 11.4. The van der Waals surface area contributed by atoms with Crippen LogP contribution in [0.1, 0.15) is 17.3 Å². The number of halogens is 1. The SMILES string of the molecule is COc1cc(Oc2ccc(F)cc2)ccc1-c1nnc(CO/N=C(/c2ccccc2)c2nnnn2C)o1. The quantitative estimate of drug-likeness (QED) is 0.216. The van der Waals surface area contributed by atoms with E-state index in [0.29, 0.717) is 34.3 Å². The van der Waals surface area contributed by atoms with E-state index >= 15 is 0 Å². The van der Waals surface area contributed by atoms with Crippen molar-refractivity contribution in [2.45, 2.75) is 6.61 Å². The Morgan fingerprint density at radius 2 is 1.76 bits per heavy atom. The molecule has 0 spiro atoms. The molecule has 0 N–H and O–H groups in total. The molecular formula is C25H20FN7O4. The van der Waals surface area contributed by atoms with Gasteiger partial charge >= 0.3 is 0 Å². The Morgan fingerprint density at radius 3 is 2.49 bits per heavy atom. The van der Waals surface area contributed by atoms with Crippen LogP contribution in [0.15, 0.2) is 82.4 Å². The Labute approximate surface area is 210 Å². The highest BCUT2D eigenvalue weighted by Crippen LogP contribution is 2.34. The van der Waals surface area contributed by atoms with Crippen LogP contribution < -0.4 is 9.47 Å². The number of hydrogen-bond donors (Lipinski definition) is 0. The van der Waals surface area contributed by atoms with Gasteiger partial charge in [0.2, 0.25) is 5.82 Å². The second kappa shape index (κ2) is 10.6. The van der Waals surface area contributed by atoms with Gasteiger partial charge in [0.15, 0.2) is 12.3 Å². The second-order valence-electron chi connectivity index (χ2n) is 7.62. The summed E-state index contributed by atoms with van der Waals surface area (Å²) in [7, 11) is 3.23. The summed E-state index contributed by atoms with van der Waals surface area (Å²) in [5, 5.41) is 23.9. The van der Waals surface area contributed by atoms with Gasteiger partial charge in [-0.25, -0.2) is 9.07 Å². The fourth-order valence-electron chi connectivity index (χ4n) is 3.37. The lowest BCUT2D eigenvalue weighted by Crippen LogP contribution is -2.12. The van der Waals surface area contributed by atoms with Crippen molar-refractivity contribution in [2.24, 2.45) is 12.2 Å². The summed E-state index contributed by atoms with van der Waals surface area (Å²) in [5.41, 5.74) is 1.79. The molecule has 5 rings (SSSR count). The van der Waals surface area contributed by atoms with E-state index in [4.69, 9.17) is 18.7 Å². The van der Waals surface area contributed by atoms with Gasteiger partial charge in [-0.15, -0.1) is 15.3 Å². The molecule has 12 heteroatoms. The zero-order valence-corrected chi connectivity index (χ0v) is 19.8. The smallest absolute Gasteiger partial charge is 0.257 e. The molecule has 0 fully saturated rings. The fourth-order valence-corrected chi connectivity index (χ4v) is 3.37. The van der Waals surface area contributed by atoms with Crippen molar-refractivity contribution in [2.75, 3.05) is 7.11 Å². The third-order valence-electron chi connectivity index (χ3n) is 5.14. The Bertz CT molecular complexity index is 1520. The van der Waals surface area contributed by atoms with E-state index in [1.54, 1.807) is 25.2 Å². The Kier molecular flexibility index (Phi) is 6.79. The molecule has 0 aliphatic carbocycles. The van der Waals surface area contributed by atoms with Crippen molar-refractivity contribution in [3.63, 3.8) is 0 Å². The number of methoxy groups -OCH3 is 1. The first-order chi connectivity index (χ1) is 18.1. The molecule has 5 aromatic rings. The predicted molar refractivity (Wildman–Crippen MR) is 128 cm³/mol. The molecule has 0 bridgehead atoms. The van der Waals surface area contributed by atoms with Crippen molar-refractivity contribution >= 4 is 5.71 Å². The topological polar surface area (TPSA) is 123 Å². The van der Waals surface area contributed by atoms with E-state index in [9.17, 15) is 4.39 Å². The number of ether oxygens (including phenoxy) is 2. The van der Waals surface area contributed by atoms with Crippen molar-refractivity contribution in [1.29, 1.82) is 0 Å². The summed E-state index contributed by atoms with van der Waals surface area (Å²) in [4.78, 5) is 5.52. The number of benzene rings is 3. The molecule has 0 saturated heterocycles. The van der Waals surface area contributed by atoms with Gasteiger partial charge < -0.3 is 18.7 Å². The monoisotopic (exact) mass is 501 g/mol. The van der Waals surface area contributed by atoms with Crippen LogP contribution in [0.2, 0.25) is 0 Å². The van der Waals surface area contributed by atoms with Gasteiger partial charge in [0.1, 0.15) is 23.1 Å². The van der Waals surface area contributed by atoms with Crippen molar-refractivity contribution < 1.29 is 23.1 Å². The first-order valence-electron chi connectivity index (χ1n) is 11.0. The summed E-state index contributed by atoms with van der Waals surface area (Å²) < 4.78 is 31.6. The third kappa shape index (κ3) is 5.42. The number of aromatic nitrogens is 6. The van der Waals surface area contributed by atoms with Crippen LogP contribution in [0.3, 0.4) is 0 Å². The zero-order valence-electron chi connectivity index (χ0n) is 19.8. The highest BCUT2D eigenvalue weighted by molar-refractivity contribution is 6.10. The lowest BCUT2D eigenvalue weighted by Gasteiger charge is -2.09. The lowest BCUT2D eigenvalue weighted by molar-refractivity contribution is 0.111. The molecule has 0 unspecified atom stereocenters. The Morgan fingerprint density at radius 1 is 0.973 bits per heavy atom. The molecule has 186 valence electrons. The number of tetrazole rings is 1. The second-order valence-corrected chi connectivity index (χ2v) is 7.62. The van der Waals surface area contributed by atoms with Gasteiger partial charge in [0.05, 0.1) is 12.7 Å². The molecule has 0 amide bonds. The zero-order chi connectivity index (χ0) is 25.6. The van der Waals surface area contributed by atoms with E-state index in [1.807, 2.05) is 30.3 Å². The molecule has 0 radical (unpaired) electrons. The molecule has 3 aromatic carbocycles. The van der Waals surface area contributed by atoms with Crippen LogP contribution in [0, 0.1) is 5.82 Å². The first kappa shape index (κ1) is 23.6. The predicted octanol–water partition coefficient (Wildman–Crippen LogP) is 4.17. The molecule has 11 nitrogen and oxygen atoms in total. The minimum absolute atomic E-state index is 0.0807. The van der Waals surface area contributed by atoms with Crippen molar-refractivity contribution in [3.8, 4) is 28.7 Å². The molecule has 0 atom stereocenters. The van der Waals surface area contributed by atoms with Crippen LogP contribution in [-0.2, 0) is 18.5 Å². The van der Waals surface area contributed by atoms with Crippen LogP contribution in [0.4, 0.5) is 4.39 Å². The largest absolute Gasteiger partial charge is 0.496 e. The summed E-state index contributed by atoms with van der Waals surface area (Å²) >= 11 is 0. The van der Waals surface area contributed by atoms with E-state index < -0.39 is 0 Å². The number of aryl methyl sites for hydroxylation is 1. The summed E-state index contributed by atoms with van der Waals surface area (Å²) in [6.45, 7) is -0.0807. The minimum atomic E-state index is -0.343. The van der Waals surface area contributed by atoms with Gasteiger partial charge in [0.25, 0.3) is 11.8 Å². The van der Waals surface area contributed by atoms with Crippen LogP contribution in [0.25, 0.3) is 11.5 Å². The molecule has 0 aliphatic rings. The van der Waals surface area contributed by atoms with Crippen LogP contribution >= 0.6 is 0 Å². The first-order valence-corrected chi connectivity index (χ1v) is 11.0. The van der Waals surface area contributed by atoms with E-state index in [-0.39, 0.29) is 24.2 Å². The van der Waals surface area contributed by atoms with Gasteiger partial charge in [-0.1, -0.05) is 35.5 Å². The van der Waals surface area contributed by atoms with Crippen LogP contribution in [0.5, 0.6) is 17.2 Å². The molecule has 2 heterocycles. The lowest BCUT2D eigenvalue weighted by atomic mass is 10.1. The molecule has 0 aliphatic heterocycles. The Balaban J connectivity index is 1.31. The number of hydrogen-bond acceptors (Lipinski definition) is 10. The van der Waals surface area contributed by atoms with Gasteiger partial charge in [-0.2, -0.15) is 0 Å². The van der Waals surface area contributed by atoms with E-state index in [2.05, 4.69) is 30.9 Å². The van der Waals surface area contributed by atoms with Gasteiger partial charge in [-0.05, 0) is 46.8 Å². The summed E-state index contributed by atoms with van der Waals surface area (Å²) in [6, 6.07) is 20.2. The van der Waals surface area contributed by atoms with E-state index in [1.165, 1.54) is 36.1 Å². The molecule has 2 aromatic heterocycles. The van der Waals surface area contributed by atoms with Gasteiger partial charge in [0, 0.05) is 18.7 Å². The number of oxime groups is 1. The minimum Gasteiger partial charge on any atom is -0.496 e. The maximum Gasteiger partial charge on any atom is 0.257 e. The molecule has 0 saturated carbocycles. The van der Waals surface area contributed by atoms with E-state index in [0.717, 1.165) is 5.56 Å². The third-order valence-corrected chi connectivity index (χ3v) is 5.14. The maximum absolute atomic E-state index is 13.1. The maximum atomic E-state index is 13.1. The van der Waals surface area contributed by atoms with Gasteiger partial charge in [-0.3, -0.25) is 0 Å². The molecular weight excluding hydrogens is 481 g/mol. The highest BCUT2D eigenvalue weighted by atomic mass is 19.1. The summed E-state index contributed by atoms with van der Waals surface area (Å²) in [6.07, 6.45) is 0. The average molecular weight is 501 g/mol. The number of rotatable bonds is 9. The average Bonchev–Trinajstić information content (AvgIpc) is 3.57. The highest BCUT2D eigenvalue weighted by Gasteiger charge is 2.17. The van der Waals surface area contributed by atoms with Crippen LogP contribution in [-0.4, -0.2) is 43.2 Å². The molecule has 37 heavy (non-hydrogen) atoms. The van der Waals surface area contributed by atoms with Crippen molar-refractivity contribution in [1.82, 2.24) is 30.4 Å². The standard InChI is InChI=1S/C25H20FN7O4/c1-33-24(28-31-32-33)23(16-6-4-3-5-7-16)30-35-15-22-27-29-25(37-22)20-13-12-19(14-21(20)34-2)36-18-10-8-17(26)9-11-18/h3-14H,15H2,1-2H3/b30-23-. The summed E-state index contributed by atoms with van der Waals surface area (Å²) in [5.74, 6) is 1.96.